The van der Waals surface area contributed by atoms with E-state index in [-0.39, 0.29) is 30.8 Å². The van der Waals surface area contributed by atoms with Crippen LogP contribution in [0, 0.1) is 11.3 Å². The average molecular weight is 648 g/mol. The number of halogens is 1. The van der Waals surface area contributed by atoms with Crippen LogP contribution in [-0.2, 0) is 23.9 Å². The molecule has 0 radical (unpaired) electrons. The van der Waals surface area contributed by atoms with Crippen molar-refractivity contribution < 1.29 is 33.4 Å². The van der Waals surface area contributed by atoms with Gasteiger partial charge in [0, 0.05) is 24.7 Å². The van der Waals surface area contributed by atoms with Gasteiger partial charge in [-0.05, 0) is 57.4 Å². The van der Waals surface area contributed by atoms with E-state index >= 15 is 0 Å². The van der Waals surface area contributed by atoms with Crippen molar-refractivity contribution in [3.05, 3.63) is 23.4 Å². The van der Waals surface area contributed by atoms with Crippen LogP contribution in [-0.4, -0.2) is 81.9 Å². The minimum atomic E-state index is -1.05. The minimum absolute atomic E-state index is 0.00404. The number of pyridine rings is 1. The molecule has 13 heteroatoms. The van der Waals surface area contributed by atoms with Crippen LogP contribution in [0.3, 0.4) is 0 Å². The number of nitrogens with one attached hydrogen (secondary N) is 3. The molecule has 3 fully saturated rings. The molecule has 2 heterocycles. The van der Waals surface area contributed by atoms with Crippen LogP contribution in [0.5, 0.6) is 5.88 Å². The molecule has 248 valence electrons. The van der Waals surface area contributed by atoms with Crippen molar-refractivity contribution in [1.29, 1.82) is 0 Å². The van der Waals surface area contributed by atoms with E-state index in [9.17, 15) is 24.0 Å². The summed E-state index contributed by atoms with van der Waals surface area (Å²) < 4.78 is 11.5. The fourth-order valence-electron chi connectivity index (χ4n) is 5.42. The Kier molecular flexibility index (Phi) is 10.7. The van der Waals surface area contributed by atoms with E-state index in [4.69, 9.17) is 21.1 Å². The van der Waals surface area contributed by atoms with E-state index in [0.717, 1.165) is 32.1 Å². The molecule has 12 nitrogen and oxygen atoms in total. The van der Waals surface area contributed by atoms with E-state index in [1.54, 1.807) is 53.7 Å². The van der Waals surface area contributed by atoms with Gasteiger partial charge in [-0.2, -0.15) is 0 Å². The molecule has 1 saturated heterocycles. The van der Waals surface area contributed by atoms with Crippen molar-refractivity contribution in [3.8, 4) is 5.88 Å². The number of carbonyl (C=O) groups excluding carboxylic acids is 5. The maximum atomic E-state index is 14.2. The molecule has 4 atom stereocenters. The SMILES string of the molecule is CC(C)(C)OC(=O)NC(C(=O)N1C[C@H](Oc2ccc(Cl)cn2)C[C@H]1C(=O)N[C@@H](CC1CCC1)C(=O)C(=O)NC1CC1)C(C)(C)C. The molecule has 4 amide bonds. The highest BCUT2D eigenvalue weighted by Crippen LogP contribution is 2.32. The van der Waals surface area contributed by atoms with Crippen molar-refractivity contribution in [1.82, 2.24) is 25.8 Å². The van der Waals surface area contributed by atoms with Gasteiger partial charge in [-0.1, -0.05) is 51.6 Å². The predicted molar refractivity (Wildman–Crippen MR) is 166 cm³/mol. The molecule has 4 rings (SSSR count). The Labute approximate surface area is 269 Å². The number of alkyl carbamates (subject to hydrolysis) is 1. The van der Waals surface area contributed by atoms with Gasteiger partial charge in [0.25, 0.3) is 5.91 Å². The third-order valence-electron chi connectivity index (χ3n) is 8.17. The maximum absolute atomic E-state index is 14.2. The summed E-state index contributed by atoms with van der Waals surface area (Å²) in [7, 11) is 0. The smallest absolute Gasteiger partial charge is 0.408 e. The van der Waals surface area contributed by atoms with Crippen LogP contribution in [0.4, 0.5) is 4.79 Å². The van der Waals surface area contributed by atoms with Gasteiger partial charge in [-0.25, -0.2) is 9.78 Å². The number of hydrogen-bond donors (Lipinski definition) is 3. The lowest BCUT2D eigenvalue weighted by Gasteiger charge is -2.36. The Bertz CT molecular complexity index is 1270. The molecule has 0 aromatic carbocycles. The van der Waals surface area contributed by atoms with E-state index in [2.05, 4.69) is 20.9 Å². The highest BCUT2D eigenvalue weighted by molar-refractivity contribution is 6.38. The van der Waals surface area contributed by atoms with Crippen molar-refractivity contribution in [2.45, 2.75) is 122 Å². The average Bonchev–Trinajstić information content (AvgIpc) is 3.62. The normalized spacial score (nSPS) is 21.6. The van der Waals surface area contributed by atoms with Gasteiger partial charge in [0.15, 0.2) is 0 Å². The van der Waals surface area contributed by atoms with Crippen LogP contribution in [0.25, 0.3) is 0 Å². The van der Waals surface area contributed by atoms with Crippen molar-refractivity contribution >= 4 is 41.2 Å². The van der Waals surface area contributed by atoms with Gasteiger partial charge >= 0.3 is 6.09 Å². The summed E-state index contributed by atoms with van der Waals surface area (Å²) in [6.45, 7) is 10.6. The van der Waals surface area contributed by atoms with Gasteiger partial charge in [-0.15, -0.1) is 0 Å². The number of hydrogen-bond acceptors (Lipinski definition) is 8. The monoisotopic (exact) mass is 647 g/mol. The summed E-state index contributed by atoms with van der Waals surface area (Å²) in [5.74, 6) is -1.96. The number of ether oxygens (including phenoxy) is 2. The number of likely N-dealkylation sites (tertiary alicyclic amines) is 1. The summed E-state index contributed by atoms with van der Waals surface area (Å²) in [5, 5.41) is 8.67. The van der Waals surface area contributed by atoms with Crippen molar-refractivity contribution in [3.63, 3.8) is 0 Å². The second-order valence-electron chi connectivity index (χ2n) is 14.4. The molecular weight excluding hydrogens is 602 g/mol. The van der Waals surface area contributed by atoms with Crippen molar-refractivity contribution in [2.75, 3.05) is 6.54 Å². The standard InChI is InChI=1S/C32H46ClN5O7/c1-31(2,3)26(37-30(43)45-32(4,5)6)29(42)38-17-21(44-24-13-10-19(33)16-34-24)15-23(38)27(40)36-22(14-18-8-7-9-18)25(39)28(41)35-20-11-12-20/h10,13,16,18,20-23,26H,7-9,11-12,14-15,17H2,1-6H3,(H,35,41)(H,36,40)(H,37,43)/t21-,22+,23+,26?/m1/s1. The molecule has 1 unspecified atom stereocenters. The molecule has 3 N–H and O–H groups in total. The Hall–Kier alpha value is -3.41. The zero-order valence-corrected chi connectivity index (χ0v) is 27.7. The first kappa shape index (κ1) is 34.5. The largest absolute Gasteiger partial charge is 0.472 e. The number of rotatable bonds is 11. The van der Waals surface area contributed by atoms with Crippen LogP contribution < -0.4 is 20.7 Å². The molecule has 1 aromatic rings. The van der Waals surface area contributed by atoms with E-state index in [0.29, 0.717) is 11.4 Å². The van der Waals surface area contributed by atoms with E-state index in [1.165, 1.54) is 11.1 Å². The highest BCUT2D eigenvalue weighted by Gasteiger charge is 2.47. The van der Waals surface area contributed by atoms with Crippen molar-refractivity contribution in [2.24, 2.45) is 11.3 Å². The summed E-state index contributed by atoms with van der Waals surface area (Å²) in [5.41, 5.74) is -1.54. The molecule has 2 aliphatic carbocycles. The second-order valence-corrected chi connectivity index (χ2v) is 14.9. The molecule has 3 aliphatic rings. The predicted octanol–water partition coefficient (Wildman–Crippen LogP) is 3.55. The van der Waals surface area contributed by atoms with Crippen LogP contribution in [0.15, 0.2) is 18.3 Å². The number of carbonyl (C=O) groups is 5. The van der Waals surface area contributed by atoms with Crippen LogP contribution in [0.2, 0.25) is 5.02 Å². The van der Waals surface area contributed by atoms with Gasteiger partial charge in [0.2, 0.25) is 23.5 Å². The summed E-state index contributed by atoms with van der Waals surface area (Å²) in [6.07, 6.45) is 5.03. The first-order valence-corrected chi connectivity index (χ1v) is 16.1. The lowest BCUT2D eigenvalue weighted by molar-refractivity contribution is -0.144. The number of amides is 4. The minimum Gasteiger partial charge on any atom is -0.472 e. The van der Waals surface area contributed by atoms with Gasteiger partial charge in [-0.3, -0.25) is 19.2 Å². The van der Waals surface area contributed by atoms with Gasteiger partial charge in [0.1, 0.15) is 23.8 Å². The number of ketones is 1. The Morgan fingerprint density at radius 2 is 1.71 bits per heavy atom. The summed E-state index contributed by atoms with van der Waals surface area (Å²) >= 11 is 5.97. The molecule has 2 saturated carbocycles. The highest BCUT2D eigenvalue weighted by atomic mass is 35.5. The lowest BCUT2D eigenvalue weighted by Crippen LogP contribution is -2.59. The maximum Gasteiger partial charge on any atom is 0.408 e. The second kappa shape index (κ2) is 13.9. The first-order valence-electron chi connectivity index (χ1n) is 15.7. The van der Waals surface area contributed by atoms with E-state index in [1.807, 2.05) is 0 Å². The molecule has 1 aliphatic heterocycles. The topological polar surface area (TPSA) is 156 Å². The van der Waals surface area contributed by atoms with Crippen LogP contribution >= 0.6 is 11.6 Å². The number of Topliss-reactive ketones (excluding diaryl/α,β-unsaturated/α-hetero) is 1. The Morgan fingerprint density at radius 1 is 1.02 bits per heavy atom. The zero-order chi connectivity index (χ0) is 33.1. The van der Waals surface area contributed by atoms with Gasteiger partial charge < -0.3 is 30.3 Å². The third-order valence-corrected chi connectivity index (χ3v) is 8.40. The van der Waals surface area contributed by atoms with E-state index < -0.39 is 64.8 Å². The molecule has 45 heavy (non-hydrogen) atoms. The summed E-state index contributed by atoms with van der Waals surface area (Å²) in [4.78, 5) is 72.4. The third kappa shape index (κ3) is 9.79. The molecule has 0 spiro atoms. The molecule has 1 aromatic heterocycles. The quantitative estimate of drug-likeness (QED) is 0.308. The van der Waals surface area contributed by atoms with Gasteiger partial charge in [0.05, 0.1) is 17.6 Å². The zero-order valence-electron chi connectivity index (χ0n) is 27.0. The Balaban J connectivity index is 1.57. The number of nitrogens with zero attached hydrogens (tertiary/aromatic N) is 2. The van der Waals surface area contributed by atoms with Crippen LogP contribution in [0.1, 0.15) is 86.5 Å². The lowest BCUT2D eigenvalue weighted by atomic mass is 9.80. The first-order chi connectivity index (χ1) is 21.0. The fourth-order valence-corrected chi connectivity index (χ4v) is 5.53. The fraction of sp³-hybridized carbons (Fsp3) is 0.688. The summed E-state index contributed by atoms with van der Waals surface area (Å²) in [6, 6.07) is 0.103. The molecule has 0 bridgehead atoms. The number of aromatic nitrogens is 1. The Morgan fingerprint density at radius 3 is 2.24 bits per heavy atom. The molecular formula is C32H46ClN5O7.